The molecule has 1 aliphatic rings. The third kappa shape index (κ3) is 9.09. The Hall–Kier alpha value is -0.160. The fourth-order valence-electron chi connectivity index (χ4n) is 1.23. The zero-order chi connectivity index (χ0) is 10.1. The van der Waals surface area contributed by atoms with Gasteiger partial charge in [0.25, 0.3) is 0 Å². The summed E-state index contributed by atoms with van der Waals surface area (Å²) in [5, 5.41) is 0. The van der Waals surface area contributed by atoms with Crippen molar-refractivity contribution in [2.75, 3.05) is 32.8 Å². The van der Waals surface area contributed by atoms with Gasteiger partial charge in [-0.3, -0.25) is 9.88 Å². The fourth-order valence-corrected chi connectivity index (χ4v) is 1.23. The summed E-state index contributed by atoms with van der Waals surface area (Å²) in [5.41, 5.74) is 0. The Kier molecular flexibility index (Phi) is 14.7. The molecule has 0 radical (unpaired) electrons. The lowest BCUT2D eigenvalue weighted by Crippen LogP contribution is -2.35. The number of hydrogen-bond donors (Lipinski definition) is 0. The van der Waals surface area contributed by atoms with Gasteiger partial charge in [0.2, 0.25) is 0 Å². The normalized spacial score (nSPS) is 14.8. The topological polar surface area (TPSA) is 25.4 Å². The molecular weight excluding hydrogens is 291 g/mol. The van der Waals surface area contributed by atoms with E-state index in [1.807, 2.05) is 18.2 Å². The molecule has 5 heteroatoms. The lowest BCUT2D eigenvalue weighted by atomic mass is 10.4. The third-order valence-corrected chi connectivity index (χ3v) is 2.12. The van der Waals surface area contributed by atoms with E-state index in [4.69, 9.17) is 4.74 Å². The molecule has 0 amide bonds. The second kappa shape index (κ2) is 12.9. The molecule has 1 aromatic heterocycles. The van der Waals surface area contributed by atoms with Gasteiger partial charge >= 0.3 is 0 Å². The van der Waals surface area contributed by atoms with Crippen LogP contribution in [0.25, 0.3) is 0 Å². The summed E-state index contributed by atoms with van der Waals surface area (Å²) in [6, 6.07) is 5.72. The van der Waals surface area contributed by atoms with Crippen molar-refractivity contribution in [1.82, 2.24) is 9.88 Å². The van der Waals surface area contributed by atoms with Gasteiger partial charge in [-0.1, -0.05) is 13.0 Å². The van der Waals surface area contributed by atoms with E-state index in [1.165, 1.54) is 6.54 Å². The smallest absolute Gasteiger partial charge is 0.0594 e. The maximum atomic E-state index is 5.16. The molecule has 1 aromatic rings. The standard InChI is InChI=1S/C6H13NO.C5H5N.BrH.ClH/c1-2-7-3-5-8-6-4-7;1-2-4-6-5-3-1;;/h2-6H2,1H3;1-5H;2*1H. The Bertz CT molecular complexity index is 194. The maximum Gasteiger partial charge on any atom is 0.0594 e. The van der Waals surface area contributed by atoms with Gasteiger partial charge in [-0.2, -0.15) is 0 Å². The van der Waals surface area contributed by atoms with E-state index in [0.717, 1.165) is 26.3 Å². The summed E-state index contributed by atoms with van der Waals surface area (Å²) in [6.45, 7) is 7.45. The molecular formula is C11H20BrClN2O. The van der Waals surface area contributed by atoms with E-state index in [1.54, 1.807) is 12.4 Å². The van der Waals surface area contributed by atoms with Crippen LogP contribution in [0.3, 0.4) is 0 Å². The van der Waals surface area contributed by atoms with E-state index in [-0.39, 0.29) is 29.4 Å². The summed E-state index contributed by atoms with van der Waals surface area (Å²) in [4.78, 5) is 6.18. The predicted octanol–water partition coefficient (Wildman–Crippen LogP) is 2.42. The Labute approximate surface area is 114 Å². The molecule has 0 N–H and O–H groups in total. The summed E-state index contributed by atoms with van der Waals surface area (Å²) in [7, 11) is 0. The van der Waals surface area contributed by atoms with Crippen LogP contribution in [0.1, 0.15) is 6.92 Å². The van der Waals surface area contributed by atoms with Crippen molar-refractivity contribution in [1.29, 1.82) is 0 Å². The van der Waals surface area contributed by atoms with E-state index in [0.29, 0.717) is 0 Å². The Balaban J connectivity index is 0. The van der Waals surface area contributed by atoms with Gasteiger partial charge in [0.15, 0.2) is 0 Å². The van der Waals surface area contributed by atoms with Crippen molar-refractivity contribution < 1.29 is 4.74 Å². The number of aromatic nitrogens is 1. The monoisotopic (exact) mass is 310 g/mol. The van der Waals surface area contributed by atoms with Crippen molar-refractivity contribution in [2.24, 2.45) is 0 Å². The molecule has 16 heavy (non-hydrogen) atoms. The largest absolute Gasteiger partial charge is 0.379 e. The summed E-state index contributed by atoms with van der Waals surface area (Å²) < 4.78 is 5.16. The molecule has 3 nitrogen and oxygen atoms in total. The highest BCUT2D eigenvalue weighted by Gasteiger charge is 2.05. The van der Waals surface area contributed by atoms with Gasteiger partial charge in [0, 0.05) is 25.5 Å². The molecule has 2 rings (SSSR count). The lowest BCUT2D eigenvalue weighted by Gasteiger charge is -2.24. The van der Waals surface area contributed by atoms with Crippen LogP contribution in [-0.4, -0.2) is 42.7 Å². The van der Waals surface area contributed by atoms with Crippen LogP contribution in [0.15, 0.2) is 30.6 Å². The number of morpholine rings is 1. The zero-order valence-electron chi connectivity index (χ0n) is 9.54. The first kappa shape index (κ1) is 18.2. The van der Waals surface area contributed by atoms with Gasteiger partial charge in [0.05, 0.1) is 13.2 Å². The molecule has 0 spiro atoms. The molecule has 0 unspecified atom stereocenters. The number of pyridine rings is 1. The predicted molar refractivity (Wildman–Crippen MR) is 74.7 cm³/mol. The minimum Gasteiger partial charge on any atom is -0.379 e. The first-order valence-corrected chi connectivity index (χ1v) is 5.08. The minimum absolute atomic E-state index is 0. The highest BCUT2D eigenvalue weighted by Crippen LogP contribution is 1.93. The molecule has 1 aliphatic heterocycles. The number of nitrogens with zero attached hydrogens (tertiary/aromatic N) is 2. The molecule has 1 saturated heterocycles. The highest BCUT2D eigenvalue weighted by molar-refractivity contribution is 8.93. The Morgan fingerprint density at radius 3 is 1.94 bits per heavy atom. The van der Waals surface area contributed by atoms with Crippen LogP contribution in [0.5, 0.6) is 0 Å². The first-order chi connectivity index (χ1) is 6.93. The average Bonchev–Trinajstić information content (AvgIpc) is 2.33. The molecule has 2 heterocycles. The quantitative estimate of drug-likeness (QED) is 0.796. The van der Waals surface area contributed by atoms with Crippen molar-refractivity contribution in [3.05, 3.63) is 30.6 Å². The van der Waals surface area contributed by atoms with E-state index < -0.39 is 0 Å². The van der Waals surface area contributed by atoms with Crippen LogP contribution in [0, 0.1) is 0 Å². The van der Waals surface area contributed by atoms with Gasteiger partial charge in [-0.05, 0) is 18.7 Å². The van der Waals surface area contributed by atoms with Crippen molar-refractivity contribution in [3.63, 3.8) is 0 Å². The molecule has 0 aromatic carbocycles. The third-order valence-electron chi connectivity index (χ3n) is 2.12. The number of rotatable bonds is 1. The van der Waals surface area contributed by atoms with Crippen LogP contribution in [-0.2, 0) is 4.74 Å². The summed E-state index contributed by atoms with van der Waals surface area (Å²) in [5.74, 6) is 0. The van der Waals surface area contributed by atoms with Gasteiger partial charge in [-0.25, -0.2) is 0 Å². The van der Waals surface area contributed by atoms with Crippen molar-refractivity contribution in [2.45, 2.75) is 6.92 Å². The number of likely N-dealkylation sites (N-methyl/N-ethyl adjacent to an activating group) is 1. The first-order valence-electron chi connectivity index (χ1n) is 5.08. The Morgan fingerprint density at radius 2 is 1.69 bits per heavy atom. The van der Waals surface area contributed by atoms with Gasteiger partial charge < -0.3 is 4.74 Å². The number of hydrogen-bond acceptors (Lipinski definition) is 3. The van der Waals surface area contributed by atoms with Crippen LogP contribution < -0.4 is 0 Å². The molecule has 94 valence electrons. The molecule has 0 aliphatic carbocycles. The SMILES string of the molecule is Br.CCN1CCOCC1.Cl.c1ccncc1. The number of halogens is 2. The molecule has 1 fully saturated rings. The Morgan fingerprint density at radius 1 is 1.12 bits per heavy atom. The van der Waals surface area contributed by atoms with Crippen LogP contribution in [0.4, 0.5) is 0 Å². The molecule has 0 saturated carbocycles. The second-order valence-corrected chi connectivity index (χ2v) is 3.07. The van der Waals surface area contributed by atoms with Crippen LogP contribution >= 0.6 is 29.4 Å². The highest BCUT2D eigenvalue weighted by atomic mass is 79.9. The summed E-state index contributed by atoms with van der Waals surface area (Å²) >= 11 is 0. The van der Waals surface area contributed by atoms with Gasteiger partial charge in [0.1, 0.15) is 0 Å². The minimum atomic E-state index is 0. The van der Waals surface area contributed by atoms with E-state index in [9.17, 15) is 0 Å². The van der Waals surface area contributed by atoms with Crippen molar-refractivity contribution in [3.8, 4) is 0 Å². The van der Waals surface area contributed by atoms with Crippen LogP contribution in [0.2, 0.25) is 0 Å². The summed E-state index contributed by atoms with van der Waals surface area (Å²) in [6.07, 6.45) is 3.50. The second-order valence-electron chi connectivity index (χ2n) is 3.07. The van der Waals surface area contributed by atoms with Crippen molar-refractivity contribution >= 4 is 29.4 Å². The van der Waals surface area contributed by atoms with E-state index in [2.05, 4.69) is 16.8 Å². The fraction of sp³-hybridized carbons (Fsp3) is 0.545. The average molecular weight is 312 g/mol. The van der Waals surface area contributed by atoms with Gasteiger partial charge in [-0.15, -0.1) is 29.4 Å². The lowest BCUT2D eigenvalue weighted by molar-refractivity contribution is 0.0405. The number of ether oxygens (including phenoxy) is 1. The molecule has 0 bridgehead atoms. The molecule has 0 atom stereocenters. The maximum absolute atomic E-state index is 5.16. The van der Waals surface area contributed by atoms with E-state index >= 15 is 0 Å². The zero-order valence-corrected chi connectivity index (χ0v) is 12.1.